The van der Waals surface area contributed by atoms with E-state index in [-0.39, 0.29) is 5.91 Å². The Morgan fingerprint density at radius 3 is 2.32 bits per heavy atom. The summed E-state index contributed by atoms with van der Waals surface area (Å²) in [6.07, 6.45) is 0. The Labute approximate surface area is 114 Å². The van der Waals surface area contributed by atoms with Gasteiger partial charge in [0.2, 0.25) is 0 Å². The van der Waals surface area contributed by atoms with Gasteiger partial charge in [0.05, 0.1) is 0 Å². The second-order valence-electron chi connectivity index (χ2n) is 5.00. The van der Waals surface area contributed by atoms with E-state index in [0.717, 1.165) is 22.4 Å². The molecule has 0 aliphatic rings. The molecule has 98 valence electrons. The fraction of sp³-hybridized carbons (Fsp3) is 0.235. The van der Waals surface area contributed by atoms with Crippen molar-refractivity contribution in [1.29, 1.82) is 0 Å². The standard InChI is InChI=1S/C17H19NO/c1-12-6-5-7-16(10-12)18(4)17(19)15-9-8-13(2)14(3)11-15/h5-11H,1-4H3. The van der Waals surface area contributed by atoms with Crippen LogP contribution in [0.5, 0.6) is 0 Å². The van der Waals surface area contributed by atoms with Crippen LogP contribution < -0.4 is 4.90 Å². The molecule has 2 nitrogen and oxygen atoms in total. The van der Waals surface area contributed by atoms with Crippen molar-refractivity contribution < 1.29 is 4.79 Å². The molecule has 0 aliphatic carbocycles. The molecule has 0 fully saturated rings. The van der Waals surface area contributed by atoms with E-state index < -0.39 is 0 Å². The van der Waals surface area contributed by atoms with Gasteiger partial charge in [0.15, 0.2) is 0 Å². The largest absolute Gasteiger partial charge is 0.311 e. The van der Waals surface area contributed by atoms with Crippen molar-refractivity contribution in [2.45, 2.75) is 20.8 Å². The van der Waals surface area contributed by atoms with Gasteiger partial charge in [-0.2, -0.15) is 0 Å². The molecule has 19 heavy (non-hydrogen) atoms. The highest BCUT2D eigenvalue weighted by atomic mass is 16.2. The first-order chi connectivity index (χ1) is 8.99. The van der Waals surface area contributed by atoms with Crippen LogP contribution >= 0.6 is 0 Å². The highest BCUT2D eigenvalue weighted by Crippen LogP contribution is 2.18. The number of carbonyl (C=O) groups is 1. The normalized spacial score (nSPS) is 10.3. The molecule has 0 unspecified atom stereocenters. The number of anilines is 1. The summed E-state index contributed by atoms with van der Waals surface area (Å²) in [5, 5.41) is 0. The van der Waals surface area contributed by atoms with Gasteiger partial charge >= 0.3 is 0 Å². The summed E-state index contributed by atoms with van der Waals surface area (Å²) in [5.74, 6) is 0.0219. The predicted molar refractivity (Wildman–Crippen MR) is 79.8 cm³/mol. The first-order valence-corrected chi connectivity index (χ1v) is 6.41. The summed E-state index contributed by atoms with van der Waals surface area (Å²) in [6, 6.07) is 13.8. The van der Waals surface area contributed by atoms with Gasteiger partial charge in [0, 0.05) is 18.3 Å². The Balaban J connectivity index is 2.30. The van der Waals surface area contributed by atoms with Crippen molar-refractivity contribution in [1.82, 2.24) is 0 Å². The Bertz CT molecular complexity index is 616. The van der Waals surface area contributed by atoms with Crippen molar-refractivity contribution in [2.24, 2.45) is 0 Å². The average Bonchev–Trinajstić information content (AvgIpc) is 2.40. The number of hydrogen-bond acceptors (Lipinski definition) is 1. The van der Waals surface area contributed by atoms with Crippen LogP contribution in [-0.2, 0) is 0 Å². The summed E-state index contributed by atoms with van der Waals surface area (Å²) >= 11 is 0. The lowest BCUT2D eigenvalue weighted by Crippen LogP contribution is -2.26. The second-order valence-corrected chi connectivity index (χ2v) is 5.00. The number of carbonyl (C=O) groups excluding carboxylic acids is 1. The van der Waals surface area contributed by atoms with Crippen molar-refractivity contribution in [3.05, 3.63) is 64.7 Å². The third-order valence-corrected chi connectivity index (χ3v) is 3.45. The Morgan fingerprint density at radius 1 is 0.947 bits per heavy atom. The molecule has 0 atom stereocenters. The van der Waals surface area contributed by atoms with Gasteiger partial charge < -0.3 is 4.90 Å². The monoisotopic (exact) mass is 253 g/mol. The molecule has 1 amide bonds. The summed E-state index contributed by atoms with van der Waals surface area (Å²) in [5.41, 5.74) is 5.14. The second kappa shape index (κ2) is 5.27. The molecule has 0 bridgehead atoms. The summed E-state index contributed by atoms with van der Waals surface area (Å²) < 4.78 is 0. The molecule has 0 radical (unpaired) electrons. The average molecular weight is 253 g/mol. The molecule has 2 rings (SSSR count). The lowest BCUT2D eigenvalue weighted by Gasteiger charge is -2.18. The minimum Gasteiger partial charge on any atom is -0.311 e. The number of nitrogens with zero attached hydrogens (tertiary/aromatic N) is 1. The zero-order valence-electron chi connectivity index (χ0n) is 11.9. The van der Waals surface area contributed by atoms with Gasteiger partial charge in [0.1, 0.15) is 0 Å². The first kappa shape index (κ1) is 13.3. The molecule has 0 spiro atoms. The van der Waals surface area contributed by atoms with E-state index in [4.69, 9.17) is 0 Å². The lowest BCUT2D eigenvalue weighted by atomic mass is 10.1. The molecule has 2 aromatic carbocycles. The van der Waals surface area contributed by atoms with Crippen LogP contribution in [0.2, 0.25) is 0 Å². The third-order valence-electron chi connectivity index (χ3n) is 3.45. The van der Waals surface area contributed by atoms with Crippen LogP contribution in [-0.4, -0.2) is 13.0 Å². The van der Waals surface area contributed by atoms with Crippen LogP contribution in [0.25, 0.3) is 0 Å². The van der Waals surface area contributed by atoms with E-state index in [9.17, 15) is 4.79 Å². The molecular weight excluding hydrogens is 234 g/mol. The molecule has 2 heteroatoms. The SMILES string of the molecule is Cc1cccc(N(C)C(=O)c2ccc(C)c(C)c2)c1. The Kier molecular flexibility index (Phi) is 3.70. The van der Waals surface area contributed by atoms with Gasteiger partial charge in [-0.25, -0.2) is 0 Å². The van der Waals surface area contributed by atoms with Gasteiger partial charge in [-0.1, -0.05) is 18.2 Å². The van der Waals surface area contributed by atoms with Crippen molar-refractivity contribution in [2.75, 3.05) is 11.9 Å². The molecule has 0 saturated carbocycles. The highest BCUT2D eigenvalue weighted by Gasteiger charge is 2.13. The smallest absolute Gasteiger partial charge is 0.258 e. The highest BCUT2D eigenvalue weighted by molar-refractivity contribution is 6.05. The van der Waals surface area contributed by atoms with E-state index >= 15 is 0 Å². The molecule has 0 aliphatic heterocycles. The van der Waals surface area contributed by atoms with Crippen LogP contribution in [0.3, 0.4) is 0 Å². The van der Waals surface area contributed by atoms with Crippen molar-refractivity contribution >= 4 is 11.6 Å². The molecular formula is C17H19NO. The minimum atomic E-state index is 0.0219. The number of hydrogen-bond donors (Lipinski definition) is 0. The Hall–Kier alpha value is -2.09. The quantitative estimate of drug-likeness (QED) is 0.795. The van der Waals surface area contributed by atoms with Crippen molar-refractivity contribution in [3.8, 4) is 0 Å². The number of aryl methyl sites for hydroxylation is 3. The third kappa shape index (κ3) is 2.84. The van der Waals surface area contributed by atoms with Gasteiger partial charge in [-0.05, 0) is 61.7 Å². The fourth-order valence-electron chi connectivity index (χ4n) is 2.02. The van der Waals surface area contributed by atoms with Crippen LogP contribution in [0.1, 0.15) is 27.0 Å². The summed E-state index contributed by atoms with van der Waals surface area (Å²) in [4.78, 5) is 14.1. The van der Waals surface area contributed by atoms with E-state index in [2.05, 4.69) is 0 Å². The zero-order valence-corrected chi connectivity index (χ0v) is 11.9. The maximum absolute atomic E-state index is 12.4. The van der Waals surface area contributed by atoms with Crippen LogP contribution in [0.15, 0.2) is 42.5 Å². The van der Waals surface area contributed by atoms with E-state index in [1.807, 2.05) is 70.3 Å². The zero-order chi connectivity index (χ0) is 14.0. The minimum absolute atomic E-state index is 0.0219. The topological polar surface area (TPSA) is 20.3 Å². The maximum Gasteiger partial charge on any atom is 0.258 e. The van der Waals surface area contributed by atoms with Crippen LogP contribution in [0, 0.1) is 20.8 Å². The molecule has 0 saturated heterocycles. The first-order valence-electron chi connectivity index (χ1n) is 6.41. The summed E-state index contributed by atoms with van der Waals surface area (Å²) in [6.45, 7) is 6.10. The predicted octanol–water partition coefficient (Wildman–Crippen LogP) is 3.89. The summed E-state index contributed by atoms with van der Waals surface area (Å²) in [7, 11) is 1.81. The van der Waals surface area contributed by atoms with E-state index in [0.29, 0.717) is 0 Å². The number of amides is 1. The van der Waals surface area contributed by atoms with Gasteiger partial charge in [-0.15, -0.1) is 0 Å². The molecule has 0 heterocycles. The van der Waals surface area contributed by atoms with E-state index in [1.165, 1.54) is 5.56 Å². The van der Waals surface area contributed by atoms with Gasteiger partial charge in [-0.3, -0.25) is 4.79 Å². The van der Waals surface area contributed by atoms with Crippen molar-refractivity contribution in [3.63, 3.8) is 0 Å². The molecule has 0 N–H and O–H groups in total. The van der Waals surface area contributed by atoms with E-state index in [1.54, 1.807) is 4.90 Å². The van der Waals surface area contributed by atoms with Crippen LogP contribution in [0.4, 0.5) is 5.69 Å². The fourth-order valence-corrected chi connectivity index (χ4v) is 2.02. The molecule has 0 aromatic heterocycles. The Morgan fingerprint density at radius 2 is 1.68 bits per heavy atom. The lowest BCUT2D eigenvalue weighted by molar-refractivity contribution is 0.0993. The molecule has 2 aromatic rings. The number of rotatable bonds is 2. The van der Waals surface area contributed by atoms with Gasteiger partial charge in [0.25, 0.3) is 5.91 Å². The number of benzene rings is 2. The maximum atomic E-state index is 12.4.